The second-order valence-electron chi connectivity index (χ2n) is 10.7. The van der Waals surface area contributed by atoms with E-state index in [-0.39, 0.29) is 24.3 Å². The van der Waals surface area contributed by atoms with E-state index in [0.717, 1.165) is 82.7 Å². The lowest BCUT2D eigenvalue weighted by Gasteiger charge is -2.33. The Kier molecular flexibility index (Phi) is 12.7. The van der Waals surface area contributed by atoms with Crippen LogP contribution in [0.4, 0.5) is 0 Å². The van der Waals surface area contributed by atoms with Crippen molar-refractivity contribution in [3.05, 3.63) is 101 Å². The van der Waals surface area contributed by atoms with Gasteiger partial charge in [0.2, 0.25) is 0 Å². The number of benzene rings is 1. The number of hydrogen-bond donors (Lipinski definition) is 1. The number of nitrogens with two attached hydrogens (primary N) is 1. The SMILES string of the molecule is CCCC(c1ccccc1)N(N)C1/C=C/C=C(\C2=CC(OC)C(OCCCCN3CCOCC3)C=C2)C=C=CC1. The van der Waals surface area contributed by atoms with Crippen molar-refractivity contribution in [3.8, 4) is 0 Å². The van der Waals surface area contributed by atoms with E-state index in [0.29, 0.717) is 0 Å². The van der Waals surface area contributed by atoms with Crippen LogP contribution in [-0.4, -0.2) is 74.7 Å². The Hall–Kier alpha value is -2.54. The van der Waals surface area contributed by atoms with Crippen molar-refractivity contribution in [3.63, 3.8) is 0 Å². The zero-order valence-corrected chi connectivity index (χ0v) is 24.3. The number of hydrazine groups is 1. The minimum absolute atomic E-state index is 0.0761. The predicted octanol–water partition coefficient (Wildman–Crippen LogP) is 5.68. The zero-order chi connectivity index (χ0) is 28.0. The van der Waals surface area contributed by atoms with Crippen LogP contribution in [0.5, 0.6) is 0 Å². The van der Waals surface area contributed by atoms with Crippen LogP contribution >= 0.6 is 0 Å². The van der Waals surface area contributed by atoms with Crippen molar-refractivity contribution in [1.82, 2.24) is 9.91 Å². The molecular formula is C34H47N3O3. The van der Waals surface area contributed by atoms with Crippen LogP contribution < -0.4 is 5.84 Å². The Labute approximate surface area is 241 Å². The van der Waals surface area contributed by atoms with E-state index >= 15 is 0 Å². The van der Waals surface area contributed by atoms with Crippen LogP contribution in [-0.2, 0) is 14.2 Å². The van der Waals surface area contributed by atoms with Gasteiger partial charge >= 0.3 is 0 Å². The largest absolute Gasteiger partial charge is 0.379 e. The lowest BCUT2D eigenvalue weighted by molar-refractivity contribution is -0.0135. The van der Waals surface area contributed by atoms with Gasteiger partial charge in [-0.1, -0.05) is 74.1 Å². The molecule has 216 valence electrons. The number of rotatable bonds is 13. The van der Waals surface area contributed by atoms with Gasteiger partial charge in [-0.05, 0) is 67.2 Å². The number of nitrogens with zero attached hydrogens (tertiary/aromatic N) is 2. The number of allylic oxidation sites excluding steroid dienone is 5. The van der Waals surface area contributed by atoms with Crippen molar-refractivity contribution in [2.75, 3.05) is 46.6 Å². The molecule has 4 atom stereocenters. The monoisotopic (exact) mass is 545 g/mol. The first-order valence-corrected chi connectivity index (χ1v) is 14.9. The first-order valence-electron chi connectivity index (χ1n) is 14.9. The molecule has 2 N–H and O–H groups in total. The van der Waals surface area contributed by atoms with Gasteiger partial charge in [-0.15, -0.1) is 5.73 Å². The van der Waals surface area contributed by atoms with E-state index in [4.69, 9.17) is 20.1 Å². The van der Waals surface area contributed by atoms with Crippen LogP contribution in [0.2, 0.25) is 0 Å². The van der Waals surface area contributed by atoms with E-state index in [1.807, 2.05) is 11.1 Å². The molecule has 0 saturated carbocycles. The van der Waals surface area contributed by atoms with Gasteiger partial charge < -0.3 is 14.2 Å². The maximum absolute atomic E-state index is 6.75. The second kappa shape index (κ2) is 16.7. The summed E-state index contributed by atoms with van der Waals surface area (Å²) in [6, 6.07) is 10.8. The first kappa shape index (κ1) is 30.4. The highest BCUT2D eigenvalue weighted by molar-refractivity contribution is 5.50. The van der Waals surface area contributed by atoms with Crippen molar-refractivity contribution >= 4 is 0 Å². The molecule has 4 unspecified atom stereocenters. The van der Waals surface area contributed by atoms with E-state index in [1.54, 1.807) is 7.11 Å². The molecule has 1 aliphatic heterocycles. The average molecular weight is 546 g/mol. The smallest absolute Gasteiger partial charge is 0.106 e. The lowest BCUT2D eigenvalue weighted by Crippen LogP contribution is -2.42. The number of unbranched alkanes of at least 4 members (excludes halogenated alkanes) is 1. The highest BCUT2D eigenvalue weighted by Crippen LogP contribution is 2.27. The zero-order valence-electron chi connectivity index (χ0n) is 24.3. The second-order valence-corrected chi connectivity index (χ2v) is 10.7. The summed E-state index contributed by atoms with van der Waals surface area (Å²) in [7, 11) is 1.75. The maximum atomic E-state index is 6.75. The van der Waals surface area contributed by atoms with Crippen LogP contribution in [0, 0.1) is 0 Å². The van der Waals surface area contributed by atoms with Gasteiger partial charge in [0.05, 0.1) is 13.2 Å². The first-order chi connectivity index (χ1) is 19.7. The van der Waals surface area contributed by atoms with Crippen molar-refractivity contribution in [2.45, 2.75) is 63.3 Å². The molecule has 0 radical (unpaired) electrons. The summed E-state index contributed by atoms with van der Waals surface area (Å²) in [5.41, 5.74) is 6.85. The van der Waals surface area contributed by atoms with Gasteiger partial charge in [0.25, 0.3) is 0 Å². The maximum Gasteiger partial charge on any atom is 0.106 e. The minimum atomic E-state index is -0.123. The highest BCUT2D eigenvalue weighted by Gasteiger charge is 2.24. The van der Waals surface area contributed by atoms with Gasteiger partial charge in [-0.2, -0.15) is 0 Å². The third-order valence-electron chi connectivity index (χ3n) is 7.84. The molecule has 40 heavy (non-hydrogen) atoms. The van der Waals surface area contributed by atoms with Crippen molar-refractivity contribution < 1.29 is 14.2 Å². The van der Waals surface area contributed by atoms with Gasteiger partial charge in [0.15, 0.2) is 0 Å². The molecule has 0 spiro atoms. The van der Waals surface area contributed by atoms with E-state index in [2.05, 4.69) is 90.4 Å². The Morgan fingerprint density at radius 3 is 2.70 bits per heavy atom. The molecular weight excluding hydrogens is 498 g/mol. The summed E-state index contributed by atoms with van der Waals surface area (Å²) in [4.78, 5) is 2.47. The Morgan fingerprint density at radius 1 is 1.10 bits per heavy atom. The van der Waals surface area contributed by atoms with Gasteiger partial charge in [0, 0.05) is 38.9 Å². The highest BCUT2D eigenvalue weighted by atomic mass is 16.5. The van der Waals surface area contributed by atoms with E-state index in [1.165, 1.54) is 5.56 Å². The molecule has 2 aliphatic carbocycles. The summed E-state index contributed by atoms with van der Waals surface area (Å²) >= 11 is 0. The van der Waals surface area contributed by atoms with Crippen molar-refractivity contribution in [1.29, 1.82) is 0 Å². The van der Waals surface area contributed by atoms with Crippen LogP contribution in [0.1, 0.15) is 50.6 Å². The third-order valence-corrected chi connectivity index (χ3v) is 7.84. The van der Waals surface area contributed by atoms with Crippen LogP contribution in [0.15, 0.2) is 95.8 Å². The number of hydrogen-bond acceptors (Lipinski definition) is 6. The minimum Gasteiger partial charge on any atom is -0.379 e. The molecule has 1 aromatic rings. The molecule has 1 fully saturated rings. The number of ether oxygens (including phenoxy) is 3. The van der Waals surface area contributed by atoms with Gasteiger partial charge in [-0.25, -0.2) is 5.01 Å². The molecule has 6 heteroatoms. The molecule has 1 heterocycles. The Bertz CT molecular complexity index is 1080. The summed E-state index contributed by atoms with van der Waals surface area (Å²) < 4.78 is 17.5. The lowest BCUT2D eigenvalue weighted by atomic mass is 9.95. The summed E-state index contributed by atoms with van der Waals surface area (Å²) in [6.07, 6.45) is 21.9. The third kappa shape index (κ3) is 8.98. The quantitative estimate of drug-likeness (QED) is 0.149. The van der Waals surface area contributed by atoms with E-state index < -0.39 is 0 Å². The molecule has 1 saturated heterocycles. The topological polar surface area (TPSA) is 60.2 Å². The number of morpholine rings is 1. The van der Waals surface area contributed by atoms with Crippen LogP contribution in [0.3, 0.4) is 0 Å². The predicted molar refractivity (Wildman–Crippen MR) is 163 cm³/mol. The van der Waals surface area contributed by atoms with E-state index in [9.17, 15) is 0 Å². The fourth-order valence-corrected chi connectivity index (χ4v) is 5.48. The molecule has 4 rings (SSSR count). The van der Waals surface area contributed by atoms with Crippen molar-refractivity contribution in [2.24, 2.45) is 5.84 Å². The summed E-state index contributed by atoms with van der Waals surface area (Å²) in [5.74, 6) is 6.75. The van der Waals surface area contributed by atoms with Crippen LogP contribution in [0.25, 0.3) is 0 Å². The molecule has 1 aromatic carbocycles. The number of methoxy groups -OCH3 is 1. The standard InChI is InChI=1S/C34H47N3O3/c1-3-12-32(29-14-5-4-6-15-29)37(35)31-17-8-7-13-28(16-11-18-31)30-19-20-33(34(27-30)38-2)40-24-10-9-21-36-22-25-39-26-23-36/h4-6,8,11,13-16,18-20,27,31-34H,3,9-10,12,17,21-26,35H2,1-2H3/b18-11+,28-16-. The molecule has 0 amide bonds. The van der Waals surface area contributed by atoms with Gasteiger partial charge in [-0.3, -0.25) is 10.7 Å². The Balaban J connectivity index is 1.34. The normalized spacial score (nSPS) is 26.4. The summed E-state index contributed by atoms with van der Waals surface area (Å²) in [5, 5.41) is 2.01. The average Bonchev–Trinajstić information content (AvgIpc) is 3.13. The van der Waals surface area contributed by atoms with Gasteiger partial charge in [0.1, 0.15) is 12.2 Å². The summed E-state index contributed by atoms with van der Waals surface area (Å²) in [6.45, 7) is 7.84. The molecule has 0 aromatic heterocycles. The fraction of sp³-hybridized carbons (Fsp3) is 0.500. The molecule has 3 aliphatic rings. The molecule has 0 bridgehead atoms. The fourth-order valence-electron chi connectivity index (χ4n) is 5.48. The molecule has 6 nitrogen and oxygen atoms in total. The Morgan fingerprint density at radius 2 is 1.93 bits per heavy atom.